The van der Waals surface area contributed by atoms with E-state index in [-0.39, 0.29) is 18.0 Å². The molecule has 6 nitrogen and oxygen atoms in total. The maximum absolute atomic E-state index is 12.0. The Morgan fingerprint density at radius 1 is 1.33 bits per heavy atom. The zero-order valence-electron chi connectivity index (χ0n) is 13.8. The highest BCUT2D eigenvalue weighted by atomic mass is 32.2. The average Bonchev–Trinajstić information content (AvgIpc) is 3.24. The third kappa shape index (κ3) is 4.36. The van der Waals surface area contributed by atoms with Crippen LogP contribution in [0.4, 0.5) is 6.01 Å². The highest BCUT2D eigenvalue weighted by Crippen LogP contribution is 2.28. The highest BCUT2D eigenvalue weighted by molar-refractivity contribution is 8.00. The van der Waals surface area contributed by atoms with E-state index in [2.05, 4.69) is 41.5 Å². The monoisotopic (exact) mass is 347 g/mol. The lowest BCUT2D eigenvalue weighted by atomic mass is 10.0. The summed E-state index contributed by atoms with van der Waals surface area (Å²) in [5, 5.41) is 10.4. The number of hydrogen-bond donors (Lipinski definition) is 1. The lowest BCUT2D eigenvalue weighted by Crippen LogP contribution is -2.14. The molecule has 1 saturated heterocycles. The fourth-order valence-electron chi connectivity index (χ4n) is 2.44. The molecular formula is C17H21N3O3S. The number of thioether (sulfide) groups is 1. The number of carbonyl (C=O) groups is 1. The minimum atomic E-state index is -0.171. The number of nitrogens with zero attached hydrogens (tertiary/aromatic N) is 2. The van der Waals surface area contributed by atoms with E-state index in [1.807, 2.05) is 12.1 Å². The first kappa shape index (κ1) is 17.0. The summed E-state index contributed by atoms with van der Waals surface area (Å²) >= 11 is 1.47. The van der Waals surface area contributed by atoms with Gasteiger partial charge in [0, 0.05) is 11.5 Å². The molecule has 2 aromatic rings. The Labute approximate surface area is 145 Å². The number of anilines is 1. The van der Waals surface area contributed by atoms with Gasteiger partial charge in [-0.2, -0.15) is 0 Å². The second-order valence-corrected chi connectivity index (χ2v) is 7.06. The second kappa shape index (κ2) is 7.81. The molecule has 7 heteroatoms. The van der Waals surface area contributed by atoms with Crippen molar-refractivity contribution in [3.8, 4) is 0 Å². The van der Waals surface area contributed by atoms with Crippen LogP contribution in [0.15, 0.2) is 33.6 Å². The van der Waals surface area contributed by atoms with Gasteiger partial charge in [-0.1, -0.05) is 31.1 Å². The Morgan fingerprint density at radius 2 is 2.12 bits per heavy atom. The van der Waals surface area contributed by atoms with Gasteiger partial charge in [0.15, 0.2) is 0 Å². The number of hydrogen-bond acceptors (Lipinski definition) is 6. The molecule has 0 spiro atoms. The summed E-state index contributed by atoms with van der Waals surface area (Å²) in [6.45, 7) is 5.02. The van der Waals surface area contributed by atoms with E-state index in [4.69, 9.17) is 9.15 Å². The predicted molar refractivity (Wildman–Crippen MR) is 92.1 cm³/mol. The summed E-state index contributed by atoms with van der Waals surface area (Å²) in [7, 11) is 0. The Balaban J connectivity index is 1.48. The number of amides is 1. The Hall–Kier alpha value is -1.86. The van der Waals surface area contributed by atoms with Crippen molar-refractivity contribution in [1.29, 1.82) is 0 Å². The van der Waals surface area contributed by atoms with Crippen molar-refractivity contribution in [1.82, 2.24) is 10.2 Å². The van der Waals surface area contributed by atoms with Gasteiger partial charge in [0.25, 0.3) is 0 Å². The molecule has 1 fully saturated rings. The van der Waals surface area contributed by atoms with Gasteiger partial charge in [0.05, 0.1) is 5.75 Å². The molecule has 0 unspecified atom stereocenters. The van der Waals surface area contributed by atoms with Crippen LogP contribution in [0.1, 0.15) is 50.2 Å². The standard InChI is InChI=1S/C17H21N3O3S/c1-11(2)12-5-7-13(8-6-12)24-10-15(21)18-17-20-19-16(23-17)14-4-3-9-22-14/h5-8,11,14H,3-4,9-10H2,1-2H3,(H,18,20,21)/t14-/m1/s1. The fraction of sp³-hybridized carbons (Fsp3) is 0.471. The molecule has 24 heavy (non-hydrogen) atoms. The molecule has 0 bridgehead atoms. The minimum absolute atomic E-state index is 0.126. The van der Waals surface area contributed by atoms with Crippen molar-refractivity contribution in [2.75, 3.05) is 17.7 Å². The number of ether oxygens (including phenoxy) is 1. The molecule has 0 radical (unpaired) electrons. The molecule has 3 rings (SSSR count). The summed E-state index contributed by atoms with van der Waals surface area (Å²) in [5.41, 5.74) is 1.29. The summed E-state index contributed by atoms with van der Waals surface area (Å²) in [6, 6.07) is 8.39. The number of benzene rings is 1. The maximum Gasteiger partial charge on any atom is 0.322 e. The molecule has 1 aliphatic heterocycles. The molecule has 1 N–H and O–H groups in total. The number of nitrogens with one attached hydrogen (secondary N) is 1. The predicted octanol–water partition coefficient (Wildman–Crippen LogP) is 3.78. The summed E-state index contributed by atoms with van der Waals surface area (Å²) in [4.78, 5) is 13.1. The van der Waals surface area contributed by atoms with Crippen LogP contribution in [0.2, 0.25) is 0 Å². The van der Waals surface area contributed by atoms with Gasteiger partial charge in [0.1, 0.15) is 6.10 Å². The van der Waals surface area contributed by atoms with E-state index in [1.165, 1.54) is 17.3 Å². The zero-order chi connectivity index (χ0) is 16.9. The second-order valence-electron chi connectivity index (χ2n) is 6.01. The van der Waals surface area contributed by atoms with E-state index in [1.54, 1.807) is 0 Å². The van der Waals surface area contributed by atoms with Gasteiger partial charge in [-0.25, -0.2) is 0 Å². The van der Waals surface area contributed by atoms with Crippen LogP contribution in [0, 0.1) is 0 Å². The van der Waals surface area contributed by atoms with Gasteiger partial charge >= 0.3 is 6.01 Å². The SMILES string of the molecule is CC(C)c1ccc(SCC(=O)Nc2nnc([C@H]3CCCO3)o2)cc1. The van der Waals surface area contributed by atoms with E-state index in [9.17, 15) is 4.79 Å². The largest absolute Gasteiger partial charge is 0.405 e. The first-order valence-corrected chi connectivity index (χ1v) is 9.08. The lowest BCUT2D eigenvalue weighted by Gasteiger charge is -2.06. The van der Waals surface area contributed by atoms with E-state index in [0.29, 0.717) is 24.2 Å². The number of carbonyl (C=O) groups excluding carboxylic acids is 1. The van der Waals surface area contributed by atoms with Crippen molar-refractivity contribution in [2.45, 2.75) is 43.6 Å². The molecular weight excluding hydrogens is 326 g/mol. The van der Waals surface area contributed by atoms with E-state index >= 15 is 0 Å². The Kier molecular flexibility index (Phi) is 5.52. The lowest BCUT2D eigenvalue weighted by molar-refractivity contribution is -0.113. The highest BCUT2D eigenvalue weighted by Gasteiger charge is 2.24. The van der Waals surface area contributed by atoms with Crippen molar-refractivity contribution < 1.29 is 13.9 Å². The van der Waals surface area contributed by atoms with Crippen LogP contribution in [-0.4, -0.2) is 28.5 Å². The number of aromatic nitrogens is 2. The van der Waals surface area contributed by atoms with Crippen LogP contribution >= 0.6 is 11.8 Å². The van der Waals surface area contributed by atoms with Crippen LogP contribution in [0.5, 0.6) is 0 Å². The van der Waals surface area contributed by atoms with Crippen molar-refractivity contribution in [3.63, 3.8) is 0 Å². The van der Waals surface area contributed by atoms with Crippen LogP contribution in [0.3, 0.4) is 0 Å². The first-order chi connectivity index (χ1) is 11.6. The zero-order valence-corrected chi connectivity index (χ0v) is 14.6. The minimum Gasteiger partial charge on any atom is -0.405 e. The normalized spacial score (nSPS) is 17.4. The topological polar surface area (TPSA) is 77.2 Å². The molecule has 0 saturated carbocycles. The fourth-order valence-corrected chi connectivity index (χ4v) is 3.14. The van der Waals surface area contributed by atoms with Gasteiger partial charge in [0.2, 0.25) is 11.8 Å². The van der Waals surface area contributed by atoms with Crippen molar-refractivity contribution in [3.05, 3.63) is 35.7 Å². The molecule has 1 aromatic carbocycles. The molecule has 1 aliphatic rings. The Bertz CT molecular complexity index is 679. The van der Waals surface area contributed by atoms with E-state index in [0.717, 1.165) is 17.7 Å². The molecule has 2 heterocycles. The third-order valence-corrected chi connectivity index (χ3v) is 4.82. The van der Waals surface area contributed by atoms with Gasteiger partial charge in [-0.05, 0) is 36.5 Å². The number of rotatable bonds is 6. The molecule has 128 valence electrons. The maximum atomic E-state index is 12.0. The van der Waals surface area contributed by atoms with Crippen LogP contribution in [0.25, 0.3) is 0 Å². The molecule has 1 atom stereocenters. The van der Waals surface area contributed by atoms with Gasteiger partial charge < -0.3 is 9.15 Å². The van der Waals surface area contributed by atoms with Gasteiger partial charge in [-0.15, -0.1) is 16.9 Å². The molecule has 1 aromatic heterocycles. The quantitative estimate of drug-likeness (QED) is 0.802. The average molecular weight is 347 g/mol. The van der Waals surface area contributed by atoms with Gasteiger partial charge in [-0.3, -0.25) is 10.1 Å². The molecule has 1 amide bonds. The van der Waals surface area contributed by atoms with Crippen molar-refractivity contribution >= 4 is 23.7 Å². The Morgan fingerprint density at radius 3 is 2.79 bits per heavy atom. The first-order valence-electron chi connectivity index (χ1n) is 8.09. The molecule has 0 aliphatic carbocycles. The smallest absolute Gasteiger partial charge is 0.322 e. The summed E-state index contributed by atoms with van der Waals surface area (Å²) in [5.74, 6) is 1.05. The summed E-state index contributed by atoms with van der Waals surface area (Å²) in [6.07, 6.45) is 1.72. The van der Waals surface area contributed by atoms with Crippen molar-refractivity contribution in [2.24, 2.45) is 0 Å². The third-order valence-electron chi connectivity index (χ3n) is 3.81. The van der Waals surface area contributed by atoms with E-state index < -0.39 is 0 Å². The van der Waals surface area contributed by atoms with Crippen LogP contribution < -0.4 is 5.32 Å². The summed E-state index contributed by atoms with van der Waals surface area (Å²) < 4.78 is 10.9. The van der Waals surface area contributed by atoms with Crippen LogP contribution in [-0.2, 0) is 9.53 Å².